The molecule has 0 aromatic rings. The van der Waals surface area contributed by atoms with Crippen molar-refractivity contribution in [1.29, 1.82) is 0 Å². The summed E-state index contributed by atoms with van der Waals surface area (Å²) in [5.41, 5.74) is 0.411. The second-order valence-electron chi connectivity index (χ2n) is 8.59. The van der Waals surface area contributed by atoms with Gasteiger partial charge in [0.1, 0.15) is 13.2 Å². The van der Waals surface area contributed by atoms with Crippen molar-refractivity contribution in [2.45, 2.75) is 77.4 Å². The first-order chi connectivity index (χ1) is 13.1. The molecule has 0 radical (unpaired) electrons. The minimum Gasteiger partial charge on any atom is -0.499 e. The fraction of sp³-hybridized carbons (Fsp3) is 0.826. The third-order valence-corrected chi connectivity index (χ3v) is 6.80. The lowest BCUT2D eigenvalue weighted by molar-refractivity contribution is -0.0442. The summed E-state index contributed by atoms with van der Waals surface area (Å²) in [7, 11) is 0. The first-order valence-corrected chi connectivity index (χ1v) is 10.8. The zero-order chi connectivity index (χ0) is 19.5. The van der Waals surface area contributed by atoms with Gasteiger partial charge in [0.15, 0.2) is 0 Å². The SMILES string of the molecule is C=COCCOC1CCC(C(C)(C)C2CCC(OCCOC=C)CC2)CC1. The molecule has 0 saturated heterocycles. The van der Waals surface area contributed by atoms with Gasteiger partial charge in [-0.05, 0) is 68.6 Å². The summed E-state index contributed by atoms with van der Waals surface area (Å²) in [6.45, 7) is 14.7. The Hall–Kier alpha value is -1.00. The average molecular weight is 381 g/mol. The molecule has 156 valence electrons. The molecule has 4 nitrogen and oxygen atoms in total. The molecule has 0 spiro atoms. The predicted octanol–water partition coefficient (Wildman–Crippen LogP) is 5.48. The molecule has 2 saturated carbocycles. The van der Waals surface area contributed by atoms with E-state index in [4.69, 9.17) is 18.9 Å². The Morgan fingerprint density at radius 3 is 1.37 bits per heavy atom. The van der Waals surface area contributed by atoms with Crippen LogP contribution < -0.4 is 0 Å². The van der Waals surface area contributed by atoms with E-state index in [2.05, 4.69) is 27.0 Å². The van der Waals surface area contributed by atoms with Crippen molar-refractivity contribution in [3.05, 3.63) is 25.7 Å². The minimum atomic E-state index is 0.410. The largest absolute Gasteiger partial charge is 0.499 e. The summed E-state index contributed by atoms with van der Waals surface area (Å²) < 4.78 is 22.2. The maximum Gasteiger partial charge on any atom is 0.111 e. The molecule has 0 N–H and O–H groups in total. The quantitative estimate of drug-likeness (QED) is 0.332. The highest BCUT2D eigenvalue weighted by Crippen LogP contribution is 2.48. The molecule has 2 rings (SSSR count). The van der Waals surface area contributed by atoms with E-state index in [0.29, 0.717) is 44.1 Å². The molecule has 0 heterocycles. The molecule has 2 fully saturated rings. The Labute approximate surface area is 166 Å². The summed E-state index contributed by atoms with van der Waals surface area (Å²) in [5.74, 6) is 1.62. The van der Waals surface area contributed by atoms with Crippen LogP contribution in [0.4, 0.5) is 0 Å². The van der Waals surface area contributed by atoms with Crippen LogP contribution in [0.2, 0.25) is 0 Å². The zero-order valence-corrected chi connectivity index (χ0v) is 17.5. The summed E-state index contributed by atoms with van der Waals surface area (Å²) in [4.78, 5) is 0. The molecule has 0 unspecified atom stereocenters. The highest BCUT2D eigenvalue weighted by molar-refractivity contribution is 4.91. The van der Waals surface area contributed by atoms with E-state index in [9.17, 15) is 0 Å². The van der Waals surface area contributed by atoms with Crippen LogP contribution >= 0.6 is 0 Å². The second kappa shape index (κ2) is 11.8. The molecule has 0 aliphatic heterocycles. The van der Waals surface area contributed by atoms with E-state index >= 15 is 0 Å². The topological polar surface area (TPSA) is 36.9 Å². The fourth-order valence-corrected chi connectivity index (χ4v) is 4.97. The normalized spacial score (nSPS) is 29.1. The third kappa shape index (κ3) is 7.15. The van der Waals surface area contributed by atoms with E-state index in [1.54, 1.807) is 0 Å². The van der Waals surface area contributed by atoms with E-state index in [1.807, 2.05) is 0 Å². The lowest BCUT2D eigenvalue weighted by atomic mass is 9.60. The summed E-state index contributed by atoms with van der Waals surface area (Å²) >= 11 is 0. The van der Waals surface area contributed by atoms with Gasteiger partial charge in [0.25, 0.3) is 0 Å². The summed E-state index contributed by atoms with van der Waals surface area (Å²) in [5, 5.41) is 0. The smallest absolute Gasteiger partial charge is 0.111 e. The first-order valence-electron chi connectivity index (χ1n) is 10.8. The van der Waals surface area contributed by atoms with Gasteiger partial charge >= 0.3 is 0 Å². The molecule has 0 amide bonds. The van der Waals surface area contributed by atoms with Crippen molar-refractivity contribution in [1.82, 2.24) is 0 Å². The van der Waals surface area contributed by atoms with Crippen LogP contribution in [0.1, 0.15) is 65.2 Å². The molecule has 0 aromatic carbocycles. The number of ether oxygens (including phenoxy) is 4. The zero-order valence-electron chi connectivity index (χ0n) is 17.5. The Kier molecular flexibility index (Phi) is 9.70. The Morgan fingerprint density at radius 2 is 1.04 bits per heavy atom. The number of rotatable bonds is 12. The van der Waals surface area contributed by atoms with E-state index in [-0.39, 0.29) is 0 Å². The first kappa shape index (κ1) is 22.3. The van der Waals surface area contributed by atoms with Gasteiger partial charge in [-0.25, -0.2) is 0 Å². The molecule has 0 aromatic heterocycles. The molecule has 27 heavy (non-hydrogen) atoms. The van der Waals surface area contributed by atoms with Crippen molar-refractivity contribution in [2.24, 2.45) is 17.3 Å². The van der Waals surface area contributed by atoms with Crippen LogP contribution in [0.25, 0.3) is 0 Å². The van der Waals surface area contributed by atoms with Crippen LogP contribution in [0.3, 0.4) is 0 Å². The van der Waals surface area contributed by atoms with Crippen molar-refractivity contribution in [2.75, 3.05) is 26.4 Å². The molecular formula is C23H40O4. The standard InChI is InChI=1S/C23H40O4/c1-5-24-15-17-26-21-11-7-19(8-12-21)23(3,4)20-9-13-22(14-10-20)27-18-16-25-6-2/h5-6,19-22H,1-2,7-18H2,3-4H3. The number of hydrogen-bond acceptors (Lipinski definition) is 4. The van der Waals surface area contributed by atoms with Gasteiger partial charge in [-0.15, -0.1) is 0 Å². The minimum absolute atomic E-state index is 0.410. The lowest BCUT2D eigenvalue weighted by Crippen LogP contribution is -2.39. The van der Waals surface area contributed by atoms with Gasteiger partial charge in [0.05, 0.1) is 37.9 Å². The molecule has 2 aliphatic carbocycles. The maximum atomic E-state index is 5.95. The van der Waals surface area contributed by atoms with Crippen LogP contribution in [-0.4, -0.2) is 38.6 Å². The van der Waals surface area contributed by atoms with Gasteiger partial charge in [0, 0.05) is 0 Å². The highest BCUT2D eigenvalue weighted by atomic mass is 16.5. The van der Waals surface area contributed by atoms with Gasteiger partial charge < -0.3 is 18.9 Å². The molecule has 0 bridgehead atoms. The summed E-state index contributed by atoms with van der Waals surface area (Å²) in [6.07, 6.45) is 13.7. The lowest BCUT2D eigenvalue weighted by Gasteiger charge is -2.46. The molecular weight excluding hydrogens is 340 g/mol. The van der Waals surface area contributed by atoms with Crippen molar-refractivity contribution in [3.63, 3.8) is 0 Å². The monoisotopic (exact) mass is 380 g/mol. The third-order valence-electron chi connectivity index (χ3n) is 6.80. The maximum absolute atomic E-state index is 5.95. The van der Waals surface area contributed by atoms with Gasteiger partial charge in [-0.2, -0.15) is 0 Å². The molecule has 4 heteroatoms. The van der Waals surface area contributed by atoms with E-state index < -0.39 is 0 Å². The average Bonchev–Trinajstić information content (AvgIpc) is 2.69. The summed E-state index contributed by atoms with van der Waals surface area (Å²) in [6, 6.07) is 0. The van der Waals surface area contributed by atoms with Crippen LogP contribution in [0.15, 0.2) is 25.7 Å². The predicted molar refractivity (Wildman–Crippen MR) is 109 cm³/mol. The van der Waals surface area contributed by atoms with Crippen LogP contribution in [0, 0.1) is 17.3 Å². The molecule has 2 aliphatic rings. The van der Waals surface area contributed by atoms with Crippen LogP contribution in [0.5, 0.6) is 0 Å². The Morgan fingerprint density at radius 1 is 0.667 bits per heavy atom. The van der Waals surface area contributed by atoms with Crippen LogP contribution in [-0.2, 0) is 18.9 Å². The van der Waals surface area contributed by atoms with Crippen molar-refractivity contribution in [3.8, 4) is 0 Å². The Bertz CT molecular complexity index is 380. The molecule has 0 atom stereocenters. The van der Waals surface area contributed by atoms with Crippen molar-refractivity contribution < 1.29 is 18.9 Å². The fourth-order valence-electron chi connectivity index (χ4n) is 4.97. The van der Waals surface area contributed by atoms with Gasteiger partial charge in [0.2, 0.25) is 0 Å². The van der Waals surface area contributed by atoms with Gasteiger partial charge in [-0.3, -0.25) is 0 Å². The highest BCUT2D eigenvalue weighted by Gasteiger charge is 2.40. The second-order valence-corrected chi connectivity index (χ2v) is 8.59. The van der Waals surface area contributed by atoms with E-state index in [0.717, 1.165) is 11.8 Å². The van der Waals surface area contributed by atoms with Crippen molar-refractivity contribution >= 4 is 0 Å². The Balaban J connectivity index is 1.67. The van der Waals surface area contributed by atoms with Gasteiger partial charge in [-0.1, -0.05) is 27.0 Å². The number of hydrogen-bond donors (Lipinski definition) is 0. The van der Waals surface area contributed by atoms with E-state index in [1.165, 1.54) is 63.9 Å².